The van der Waals surface area contributed by atoms with Crippen molar-refractivity contribution in [2.45, 2.75) is 6.04 Å². The average molecular weight is 287 g/mol. The molecule has 9 nitrogen and oxygen atoms in total. The number of carbonyl (C=O) groups is 2. The van der Waals surface area contributed by atoms with Crippen molar-refractivity contribution in [2.75, 3.05) is 11.9 Å². The Hall–Kier alpha value is -2.75. The third-order valence-corrected chi connectivity index (χ3v) is 2.14. The van der Waals surface area contributed by atoms with Crippen LogP contribution in [0.5, 0.6) is 0 Å². The van der Waals surface area contributed by atoms with Crippen molar-refractivity contribution in [3.05, 3.63) is 34.1 Å². The molecule has 1 aromatic rings. The first-order chi connectivity index (χ1) is 9.33. The van der Waals surface area contributed by atoms with Crippen molar-refractivity contribution in [3.63, 3.8) is 0 Å². The van der Waals surface area contributed by atoms with E-state index in [2.05, 4.69) is 0 Å². The van der Waals surface area contributed by atoms with E-state index in [1.807, 2.05) is 10.6 Å². The minimum absolute atomic E-state index is 0.226. The van der Waals surface area contributed by atoms with Crippen LogP contribution in [0.25, 0.3) is 0 Å². The van der Waals surface area contributed by atoms with Crippen LogP contribution >= 0.6 is 0 Å². The summed E-state index contributed by atoms with van der Waals surface area (Å²) in [6, 6.07) is -0.208. The minimum Gasteiger partial charge on any atom is -0.480 e. The van der Waals surface area contributed by atoms with Gasteiger partial charge < -0.3 is 20.8 Å². The SMILES string of the molecule is O=C(Nc1cc(F)cc([N+](=O)[O-])c1)N[C@@H](CO)C(=O)O. The van der Waals surface area contributed by atoms with Gasteiger partial charge in [-0.05, 0) is 6.07 Å². The Balaban J connectivity index is 2.80. The van der Waals surface area contributed by atoms with Crippen LogP contribution in [0.2, 0.25) is 0 Å². The zero-order chi connectivity index (χ0) is 15.3. The maximum atomic E-state index is 13.1. The van der Waals surface area contributed by atoms with Crippen LogP contribution in [-0.2, 0) is 4.79 Å². The van der Waals surface area contributed by atoms with E-state index < -0.39 is 41.1 Å². The highest BCUT2D eigenvalue weighted by atomic mass is 19.1. The Labute approximate surface area is 111 Å². The number of urea groups is 1. The van der Waals surface area contributed by atoms with E-state index in [0.29, 0.717) is 6.07 Å². The number of aliphatic carboxylic acids is 1. The number of nitrogens with zero attached hydrogens (tertiary/aromatic N) is 1. The number of amides is 2. The first-order valence-corrected chi connectivity index (χ1v) is 5.19. The molecule has 0 fully saturated rings. The third-order valence-electron chi connectivity index (χ3n) is 2.14. The Morgan fingerprint density at radius 2 is 2.05 bits per heavy atom. The number of aliphatic hydroxyl groups excluding tert-OH is 1. The number of carboxylic acids is 1. The van der Waals surface area contributed by atoms with Crippen molar-refractivity contribution in [2.24, 2.45) is 0 Å². The van der Waals surface area contributed by atoms with Crippen molar-refractivity contribution in [1.29, 1.82) is 0 Å². The molecule has 4 N–H and O–H groups in total. The van der Waals surface area contributed by atoms with E-state index in [4.69, 9.17) is 10.2 Å². The van der Waals surface area contributed by atoms with Gasteiger partial charge in [-0.15, -0.1) is 0 Å². The number of rotatable bonds is 5. The number of nitro benzene ring substituents is 1. The number of non-ortho nitro benzene ring substituents is 1. The molecule has 20 heavy (non-hydrogen) atoms. The van der Waals surface area contributed by atoms with Crippen molar-refractivity contribution < 1.29 is 29.1 Å². The molecule has 0 aliphatic rings. The van der Waals surface area contributed by atoms with Crippen LogP contribution in [0.3, 0.4) is 0 Å². The van der Waals surface area contributed by atoms with Gasteiger partial charge in [-0.25, -0.2) is 14.0 Å². The summed E-state index contributed by atoms with van der Waals surface area (Å²) in [5.41, 5.74) is -0.798. The summed E-state index contributed by atoms with van der Waals surface area (Å²) >= 11 is 0. The molecule has 1 aromatic carbocycles. The lowest BCUT2D eigenvalue weighted by Crippen LogP contribution is -2.45. The summed E-state index contributed by atoms with van der Waals surface area (Å²) < 4.78 is 13.1. The molecule has 0 aliphatic carbocycles. The summed E-state index contributed by atoms with van der Waals surface area (Å²) in [6.07, 6.45) is 0. The molecule has 1 atom stereocenters. The predicted molar refractivity (Wildman–Crippen MR) is 63.7 cm³/mol. The van der Waals surface area contributed by atoms with Gasteiger partial charge in [0.2, 0.25) is 0 Å². The third kappa shape index (κ3) is 4.17. The highest BCUT2D eigenvalue weighted by Crippen LogP contribution is 2.19. The molecule has 0 saturated carbocycles. The van der Waals surface area contributed by atoms with Crippen LogP contribution in [0.4, 0.5) is 20.6 Å². The summed E-state index contributed by atoms with van der Waals surface area (Å²) in [6.45, 7) is -0.841. The molecule has 1 rings (SSSR count). The van der Waals surface area contributed by atoms with E-state index >= 15 is 0 Å². The molecule has 0 unspecified atom stereocenters. The van der Waals surface area contributed by atoms with Gasteiger partial charge >= 0.3 is 12.0 Å². The second-order valence-electron chi connectivity index (χ2n) is 3.63. The number of anilines is 1. The largest absolute Gasteiger partial charge is 0.480 e. The number of hydrogen-bond donors (Lipinski definition) is 4. The lowest BCUT2D eigenvalue weighted by atomic mass is 10.2. The second-order valence-corrected chi connectivity index (χ2v) is 3.63. The Kier molecular flexibility index (Phi) is 4.92. The van der Waals surface area contributed by atoms with Crippen LogP contribution in [0.1, 0.15) is 0 Å². The molecule has 0 saturated heterocycles. The number of carboxylic acid groups (broad SMARTS) is 1. The lowest BCUT2D eigenvalue weighted by molar-refractivity contribution is -0.385. The molecule has 2 amide bonds. The van der Waals surface area contributed by atoms with Gasteiger partial charge in [0, 0.05) is 6.07 Å². The maximum absolute atomic E-state index is 13.1. The number of aliphatic hydroxyl groups is 1. The fourth-order valence-electron chi connectivity index (χ4n) is 1.26. The fourth-order valence-corrected chi connectivity index (χ4v) is 1.26. The smallest absolute Gasteiger partial charge is 0.328 e. The van der Waals surface area contributed by atoms with E-state index in [9.17, 15) is 24.1 Å². The highest BCUT2D eigenvalue weighted by molar-refractivity contribution is 5.92. The van der Waals surface area contributed by atoms with E-state index in [1.54, 1.807) is 0 Å². The summed E-state index contributed by atoms with van der Waals surface area (Å²) in [5, 5.41) is 31.7. The summed E-state index contributed by atoms with van der Waals surface area (Å²) in [7, 11) is 0. The number of carbonyl (C=O) groups excluding carboxylic acids is 1. The quantitative estimate of drug-likeness (QED) is 0.453. The summed E-state index contributed by atoms with van der Waals surface area (Å²) in [4.78, 5) is 31.6. The first-order valence-electron chi connectivity index (χ1n) is 5.19. The second kappa shape index (κ2) is 6.43. The Morgan fingerprint density at radius 3 is 2.55 bits per heavy atom. The molecule has 0 spiro atoms. The molecule has 0 aromatic heterocycles. The van der Waals surface area contributed by atoms with Crippen LogP contribution < -0.4 is 10.6 Å². The number of halogens is 1. The van der Waals surface area contributed by atoms with Crippen molar-refractivity contribution in [3.8, 4) is 0 Å². The monoisotopic (exact) mass is 287 g/mol. The van der Waals surface area contributed by atoms with Gasteiger partial charge in [0.05, 0.1) is 23.3 Å². The van der Waals surface area contributed by atoms with Gasteiger partial charge in [-0.3, -0.25) is 10.1 Å². The zero-order valence-corrected chi connectivity index (χ0v) is 9.87. The Morgan fingerprint density at radius 1 is 1.40 bits per heavy atom. The topological polar surface area (TPSA) is 142 Å². The number of nitrogens with one attached hydrogen (secondary N) is 2. The highest BCUT2D eigenvalue weighted by Gasteiger charge is 2.19. The van der Waals surface area contributed by atoms with Crippen molar-refractivity contribution >= 4 is 23.4 Å². The molecule has 108 valence electrons. The van der Waals surface area contributed by atoms with Crippen molar-refractivity contribution in [1.82, 2.24) is 5.32 Å². The fraction of sp³-hybridized carbons (Fsp3) is 0.200. The minimum atomic E-state index is -1.54. The lowest BCUT2D eigenvalue weighted by Gasteiger charge is -2.12. The summed E-state index contributed by atoms with van der Waals surface area (Å²) in [5.74, 6) is -2.40. The number of hydrogen-bond acceptors (Lipinski definition) is 5. The average Bonchev–Trinajstić information content (AvgIpc) is 2.34. The zero-order valence-electron chi connectivity index (χ0n) is 9.87. The van der Waals surface area contributed by atoms with Crippen LogP contribution in [0.15, 0.2) is 18.2 Å². The van der Waals surface area contributed by atoms with Gasteiger partial charge in [0.1, 0.15) is 5.82 Å². The molecule has 10 heteroatoms. The predicted octanol–water partition coefficient (Wildman–Crippen LogP) is 0.301. The van der Waals surface area contributed by atoms with Gasteiger partial charge in [0.25, 0.3) is 5.69 Å². The van der Waals surface area contributed by atoms with Crippen LogP contribution in [-0.4, -0.2) is 39.8 Å². The number of nitro groups is 1. The normalized spacial score (nSPS) is 11.5. The van der Waals surface area contributed by atoms with E-state index in [1.165, 1.54) is 0 Å². The Bertz CT molecular complexity index is 550. The first kappa shape index (κ1) is 15.3. The standard InChI is InChI=1S/C10H10FN3O6/c11-5-1-6(3-7(2-5)14(19)20)12-10(18)13-8(4-15)9(16)17/h1-3,8,15H,4H2,(H,16,17)(H2,12,13,18)/t8-/m0/s1. The molecular weight excluding hydrogens is 277 g/mol. The van der Waals surface area contributed by atoms with Gasteiger partial charge in [-0.2, -0.15) is 0 Å². The van der Waals surface area contributed by atoms with E-state index in [0.717, 1.165) is 12.1 Å². The molecular formula is C10H10FN3O6. The molecule has 0 bridgehead atoms. The van der Waals surface area contributed by atoms with E-state index in [-0.39, 0.29) is 5.69 Å². The molecule has 0 radical (unpaired) electrons. The molecule has 0 aliphatic heterocycles. The molecule has 0 heterocycles. The maximum Gasteiger partial charge on any atom is 0.328 e. The van der Waals surface area contributed by atoms with Gasteiger partial charge in [0.15, 0.2) is 6.04 Å². The van der Waals surface area contributed by atoms with Crippen LogP contribution in [0, 0.1) is 15.9 Å². The number of benzene rings is 1. The van der Waals surface area contributed by atoms with Gasteiger partial charge in [-0.1, -0.05) is 0 Å².